The molecule has 1 aromatic rings. The van der Waals surface area contributed by atoms with Crippen molar-refractivity contribution in [3.8, 4) is 0 Å². The summed E-state index contributed by atoms with van der Waals surface area (Å²) in [6.07, 6.45) is 0.375. The summed E-state index contributed by atoms with van der Waals surface area (Å²) >= 11 is 12.3. The second kappa shape index (κ2) is 8.53. The SMILES string of the molecule is CN1CCC(O)CC1C(c1ccc(Cl)c(Cl)c1)C(O)N1CCOCC1. The van der Waals surface area contributed by atoms with E-state index in [9.17, 15) is 10.2 Å². The molecule has 0 aromatic heterocycles. The second-order valence-electron chi connectivity index (χ2n) is 6.99. The van der Waals surface area contributed by atoms with Gasteiger partial charge < -0.3 is 19.8 Å². The fourth-order valence-electron chi connectivity index (χ4n) is 3.90. The van der Waals surface area contributed by atoms with Crippen LogP contribution in [0.15, 0.2) is 18.2 Å². The van der Waals surface area contributed by atoms with Crippen LogP contribution < -0.4 is 0 Å². The Bertz CT molecular complexity index is 583. The molecule has 7 heteroatoms. The normalized spacial score (nSPS) is 28.7. The van der Waals surface area contributed by atoms with Gasteiger partial charge in [-0.25, -0.2) is 0 Å². The lowest BCUT2D eigenvalue weighted by Gasteiger charge is -2.45. The molecule has 2 N–H and O–H groups in total. The Kier molecular flexibility index (Phi) is 6.60. The molecule has 0 aliphatic carbocycles. The summed E-state index contributed by atoms with van der Waals surface area (Å²) in [5.41, 5.74) is 0.944. The number of rotatable bonds is 4. The third kappa shape index (κ3) is 4.48. The number of piperidine rings is 1. The minimum absolute atomic E-state index is 0.0267. The number of aliphatic hydroxyl groups excluding tert-OH is 2. The zero-order valence-corrected chi connectivity index (χ0v) is 16.0. The van der Waals surface area contributed by atoms with Gasteiger partial charge in [-0.3, -0.25) is 4.90 Å². The first-order chi connectivity index (χ1) is 12.0. The van der Waals surface area contributed by atoms with Crippen LogP contribution in [0, 0.1) is 0 Å². The summed E-state index contributed by atoms with van der Waals surface area (Å²) in [5, 5.41) is 22.4. The van der Waals surface area contributed by atoms with Crippen LogP contribution in [0.1, 0.15) is 24.3 Å². The predicted molar refractivity (Wildman–Crippen MR) is 99.3 cm³/mol. The summed E-state index contributed by atoms with van der Waals surface area (Å²) in [6, 6.07) is 5.57. The Morgan fingerprint density at radius 3 is 2.56 bits per heavy atom. The molecule has 0 saturated carbocycles. The van der Waals surface area contributed by atoms with Gasteiger partial charge in [0.2, 0.25) is 0 Å². The van der Waals surface area contributed by atoms with E-state index in [4.69, 9.17) is 27.9 Å². The fourth-order valence-corrected chi connectivity index (χ4v) is 4.20. The number of nitrogens with zero attached hydrogens (tertiary/aromatic N) is 2. The second-order valence-corrected chi connectivity index (χ2v) is 7.80. The van der Waals surface area contributed by atoms with E-state index >= 15 is 0 Å². The third-order valence-corrected chi connectivity index (χ3v) is 6.12. The van der Waals surface area contributed by atoms with Gasteiger partial charge >= 0.3 is 0 Å². The summed E-state index contributed by atoms with van der Waals surface area (Å²) in [5.74, 6) is -0.187. The largest absolute Gasteiger partial charge is 0.393 e. The van der Waals surface area contributed by atoms with E-state index < -0.39 is 6.23 Å². The summed E-state index contributed by atoms with van der Waals surface area (Å²) in [7, 11) is 2.05. The highest BCUT2D eigenvalue weighted by Gasteiger charge is 2.39. The smallest absolute Gasteiger partial charge is 0.115 e. The number of hydrogen-bond acceptors (Lipinski definition) is 5. The molecule has 25 heavy (non-hydrogen) atoms. The number of ether oxygens (including phenoxy) is 1. The average Bonchev–Trinajstić information content (AvgIpc) is 2.62. The van der Waals surface area contributed by atoms with Crippen molar-refractivity contribution in [3.63, 3.8) is 0 Å². The topological polar surface area (TPSA) is 56.2 Å². The molecule has 2 aliphatic heterocycles. The highest BCUT2D eigenvalue weighted by Crippen LogP contribution is 2.36. The van der Waals surface area contributed by atoms with Gasteiger partial charge in [0.15, 0.2) is 0 Å². The Hall–Kier alpha value is -0.400. The van der Waals surface area contributed by atoms with Crippen LogP contribution >= 0.6 is 23.2 Å². The van der Waals surface area contributed by atoms with Crippen molar-refractivity contribution in [2.24, 2.45) is 0 Å². The summed E-state index contributed by atoms with van der Waals surface area (Å²) in [6.45, 7) is 3.43. The molecule has 0 radical (unpaired) electrons. The Balaban J connectivity index is 1.93. The van der Waals surface area contributed by atoms with Gasteiger partial charge in [0.05, 0.1) is 29.4 Å². The zero-order valence-electron chi connectivity index (χ0n) is 14.4. The summed E-state index contributed by atoms with van der Waals surface area (Å²) < 4.78 is 5.41. The fraction of sp³-hybridized carbons (Fsp3) is 0.667. The third-order valence-electron chi connectivity index (χ3n) is 5.38. The molecule has 2 saturated heterocycles. The highest BCUT2D eigenvalue weighted by atomic mass is 35.5. The molecule has 2 heterocycles. The van der Waals surface area contributed by atoms with Crippen molar-refractivity contribution >= 4 is 23.2 Å². The molecule has 5 nitrogen and oxygen atoms in total. The molecule has 140 valence electrons. The number of likely N-dealkylation sites (tertiary alicyclic amines) is 1. The van der Waals surface area contributed by atoms with Gasteiger partial charge in [-0.1, -0.05) is 29.3 Å². The van der Waals surface area contributed by atoms with E-state index in [0.717, 1.165) is 18.5 Å². The van der Waals surface area contributed by atoms with Gasteiger partial charge in [0, 0.05) is 31.6 Å². The van der Waals surface area contributed by atoms with E-state index in [0.29, 0.717) is 42.8 Å². The van der Waals surface area contributed by atoms with Crippen LogP contribution in [0.3, 0.4) is 0 Å². The van der Waals surface area contributed by atoms with Crippen LogP contribution in [0.25, 0.3) is 0 Å². The maximum atomic E-state index is 11.2. The Labute approximate surface area is 159 Å². The Morgan fingerprint density at radius 1 is 1.16 bits per heavy atom. The molecule has 2 fully saturated rings. The predicted octanol–water partition coefficient (Wildman–Crippen LogP) is 2.18. The number of morpholine rings is 1. The van der Waals surface area contributed by atoms with Crippen LogP contribution in [0.2, 0.25) is 10.0 Å². The number of benzene rings is 1. The lowest BCUT2D eigenvalue weighted by molar-refractivity contribution is -0.0898. The molecular formula is C18H26Cl2N2O3. The highest BCUT2D eigenvalue weighted by molar-refractivity contribution is 6.42. The molecule has 3 rings (SSSR count). The van der Waals surface area contributed by atoms with Crippen molar-refractivity contribution in [2.45, 2.75) is 37.1 Å². The van der Waals surface area contributed by atoms with Gasteiger partial charge in [-0.15, -0.1) is 0 Å². The number of aliphatic hydroxyl groups is 2. The van der Waals surface area contributed by atoms with Crippen molar-refractivity contribution in [2.75, 3.05) is 39.9 Å². The first-order valence-electron chi connectivity index (χ1n) is 8.80. The average molecular weight is 389 g/mol. The molecular weight excluding hydrogens is 363 g/mol. The van der Waals surface area contributed by atoms with E-state index in [2.05, 4.69) is 4.90 Å². The first-order valence-corrected chi connectivity index (χ1v) is 9.56. The van der Waals surface area contributed by atoms with Crippen LogP contribution in [-0.2, 0) is 4.74 Å². The zero-order chi connectivity index (χ0) is 18.0. The minimum atomic E-state index is -0.668. The van der Waals surface area contributed by atoms with Gasteiger partial charge in [-0.05, 0) is 37.6 Å². The number of likely N-dealkylation sites (N-methyl/N-ethyl adjacent to an activating group) is 1. The molecule has 0 bridgehead atoms. The van der Waals surface area contributed by atoms with Crippen molar-refractivity contribution in [3.05, 3.63) is 33.8 Å². The Morgan fingerprint density at radius 2 is 1.88 bits per heavy atom. The van der Waals surface area contributed by atoms with Crippen molar-refractivity contribution in [1.82, 2.24) is 9.80 Å². The number of hydrogen-bond donors (Lipinski definition) is 2. The van der Waals surface area contributed by atoms with E-state index in [1.807, 2.05) is 24.1 Å². The van der Waals surface area contributed by atoms with Crippen molar-refractivity contribution < 1.29 is 14.9 Å². The van der Waals surface area contributed by atoms with Crippen molar-refractivity contribution in [1.29, 1.82) is 0 Å². The standard InChI is InChI=1S/C18H26Cl2N2O3/c1-21-5-4-13(23)11-16(21)17(12-2-3-14(19)15(20)10-12)18(24)22-6-8-25-9-7-22/h2-3,10,13,16-18,23-24H,4-9,11H2,1H3. The van der Waals surface area contributed by atoms with E-state index in [1.165, 1.54) is 0 Å². The molecule has 4 unspecified atom stereocenters. The maximum absolute atomic E-state index is 11.2. The van der Waals surface area contributed by atoms with Crippen LogP contribution in [-0.4, -0.2) is 78.3 Å². The molecule has 1 aromatic carbocycles. The monoisotopic (exact) mass is 388 g/mol. The lowest BCUT2D eigenvalue weighted by Crippen LogP contribution is -2.54. The minimum Gasteiger partial charge on any atom is -0.393 e. The summed E-state index contributed by atoms with van der Waals surface area (Å²) in [4.78, 5) is 4.27. The first kappa shape index (κ1) is 19.4. The quantitative estimate of drug-likeness (QED) is 0.827. The lowest BCUT2D eigenvalue weighted by atomic mass is 9.82. The number of halogens is 2. The molecule has 2 aliphatic rings. The maximum Gasteiger partial charge on any atom is 0.115 e. The molecule has 0 spiro atoms. The van der Waals surface area contributed by atoms with Crippen LogP contribution in [0.4, 0.5) is 0 Å². The van der Waals surface area contributed by atoms with E-state index in [1.54, 1.807) is 6.07 Å². The van der Waals surface area contributed by atoms with Gasteiger partial charge in [0.25, 0.3) is 0 Å². The van der Waals surface area contributed by atoms with E-state index in [-0.39, 0.29) is 18.1 Å². The molecule has 4 atom stereocenters. The van der Waals surface area contributed by atoms with Crippen LogP contribution in [0.5, 0.6) is 0 Å². The van der Waals surface area contributed by atoms with Gasteiger partial charge in [0.1, 0.15) is 6.23 Å². The molecule has 0 amide bonds. The van der Waals surface area contributed by atoms with Gasteiger partial charge in [-0.2, -0.15) is 0 Å².